The fraction of sp³-hybridized carbons (Fsp3) is 0.714. The molecule has 0 aliphatic carbocycles. The van der Waals surface area contributed by atoms with Crippen molar-refractivity contribution in [3.63, 3.8) is 0 Å². The van der Waals surface area contributed by atoms with E-state index in [9.17, 15) is 0 Å². The Bertz CT molecular complexity index is 107. The molecular formula is C7H12O3. The van der Waals surface area contributed by atoms with Gasteiger partial charge in [-0.05, 0) is 0 Å². The van der Waals surface area contributed by atoms with Crippen LogP contribution in [-0.4, -0.2) is 30.7 Å². The van der Waals surface area contributed by atoms with Crippen molar-refractivity contribution in [2.24, 2.45) is 0 Å². The molecule has 0 spiro atoms. The molecule has 58 valence electrons. The largest absolute Gasteiger partial charge is 0.389 e. The zero-order valence-electron chi connectivity index (χ0n) is 5.82. The lowest BCUT2D eigenvalue weighted by molar-refractivity contribution is -0.0635. The maximum absolute atomic E-state index is 9.04. The Kier molecular flexibility index (Phi) is 2.86. The molecule has 10 heavy (non-hydrogen) atoms. The van der Waals surface area contributed by atoms with E-state index >= 15 is 0 Å². The highest BCUT2D eigenvalue weighted by Crippen LogP contribution is 2.10. The lowest BCUT2D eigenvalue weighted by Crippen LogP contribution is -2.16. The average molecular weight is 144 g/mol. The molecule has 1 unspecified atom stereocenters. The summed E-state index contributed by atoms with van der Waals surface area (Å²) >= 11 is 0. The van der Waals surface area contributed by atoms with Crippen LogP contribution < -0.4 is 0 Å². The van der Waals surface area contributed by atoms with Crippen LogP contribution in [0.1, 0.15) is 6.42 Å². The fourth-order valence-corrected chi connectivity index (χ4v) is 0.837. The Morgan fingerprint density at radius 2 is 2.20 bits per heavy atom. The van der Waals surface area contributed by atoms with Crippen LogP contribution in [0, 0.1) is 0 Å². The molecular weight excluding hydrogens is 132 g/mol. The summed E-state index contributed by atoms with van der Waals surface area (Å²) in [5.74, 6) is 0. The number of aliphatic hydroxyl groups is 1. The van der Waals surface area contributed by atoms with Crippen LogP contribution in [0.2, 0.25) is 0 Å². The molecule has 0 radical (unpaired) electrons. The van der Waals surface area contributed by atoms with Crippen molar-refractivity contribution in [3.8, 4) is 0 Å². The molecule has 0 amide bonds. The quantitative estimate of drug-likeness (QED) is 0.579. The number of aliphatic hydroxyl groups excluding tert-OH is 1. The second kappa shape index (κ2) is 3.71. The molecule has 1 fully saturated rings. The lowest BCUT2D eigenvalue weighted by atomic mass is 10.2. The third kappa shape index (κ3) is 2.10. The van der Waals surface area contributed by atoms with Crippen molar-refractivity contribution >= 4 is 0 Å². The first-order valence-corrected chi connectivity index (χ1v) is 3.37. The molecule has 1 atom stereocenters. The molecule has 1 rings (SSSR count). The summed E-state index contributed by atoms with van der Waals surface area (Å²) in [5, 5.41) is 9.04. The van der Waals surface area contributed by atoms with Gasteiger partial charge in [0.2, 0.25) is 0 Å². The van der Waals surface area contributed by atoms with Crippen molar-refractivity contribution < 1.29 is 14.6 Å². The number of hydrogen-bond acceptors (Lipinski definition) is 3. The molecule has 0 aromatic heterocycles. The number of hydrogen-bond donors (Lipinski definition) is 1. The first-order chi connectivity index (χ1) is 4.83. The van der Waals surface area contributed by atoms with Gasteiger partial charge in [0.05, 0.1) is 19.3 Å². The third-order valence-electron chi connectivity index (χ3n) is 1.40. The van der Waals surface area contributed by atoms with E-state index in [1.807, 2.05) is 0 Å². The summed E-state index contributed by atoms with van der Waals surface area (Å²) in [6.07, 6.45) is 1.23. The smallest absolute Gasteiger partial charge is 0.160 e. The van der Waals surface area contributed by atoms with E-state index in [1.54, 1.807) is 0 Å². The van der Waals surface area contributed by atoms with E-state index in [0.29, 0.717) is 19.6 Å². The van der Waals surface area contributed by atoms with Gasteiger partial charge in [0.15, 0.2) is 6.29 Å². The van der Waals surface area contributed by atoms with Gasteiger partial charge in [-0.3, -0.25) is 0 Å². The molecule has 0 saturated carbocycles. The van der Waals surface area contributed by atoms with E-state index in [4.69, 9.17) is 14.6 Å². The van der Waals surface area contributed by atoms with Crippen LogP contribution in [0.4, 0.5) is 0 Å². The normalized spacial score (nSPS) is 22.9. The Balaban J connectivity index is 2.17. The molecule has 1 saturated heterocycles. The van der Waals surface area contributed by atoms with Gasteiger partial charge in [0.25, 0.3) is 0 Å². The van der Waals surface area contributed by atoms with Gasteiger partial charge >= 0.3 is 0 Å². The van der Waals surface area contributed by atoms with Crippen molar-refractivity contribution in [1.82, 2.24) is 0 Å². The zero-order valence-corrected chi connectivity index (χ0v) is 5.82. The predicted molar refractivity (Wildman–Crippen MR) is 36.5 cm³/mol. The van der Waals surface area contributed by atoms with E-state index in [2.05, 4.69) is 6.58 Å². The van der Waals surface area contributed by atoms with Crippen LogP contribution in [0.15, 0.2) is 12.7 Å². The summed E-state index contributed by atoms with van der Waals surface area (Å²) in [5.41, 5.74) is 0. The molecule has 1 aliphatic rings. The second-order valence-corrected chi connectivity index (χ2v) is 2.21. The average Bonchev–Trinajstić information content (AvgIpc) is 2.40. The van der Waals surface area contributed by atoms with E-state index in [-0.39, 0.29) is 6.29 Å². The summed E-state index contributed by atoms with van der Waals surface area (Å²) in [7, 11) is 0. The van der Waals surface area contributed by atoms with E-state index in [0.717, 1.165) is 0 Å². The maximum atomic E-state index is 9.04. The van der Waals surface area contributed by atoms with Crippen molar-refractivity contribution in [2.75, 3.05) is 13.2 Å². The third-order valence-corrected chi connectivity index (χ3v) is 1.40. The summed E-state index contributed by atoms with van der Waals surface area (Å²) < 4.78 is 10.2. The van der Waals surface area contributed by atoms with Crippen molar-refractivity contribution in [3.05, 3.63) is 12.7 Å². The Morgan fingerprint density at radius 3 is 2.70 bits per heavy atom. The maximum Gasteiger partial charge on any atom is 0.160 e. The standard InChI is InChI=1S/C7H12O3/c1-2-6(8)5-7-9-3-4-10-7/h2,6-8H,1,3-5H2. The summed E-state index contributed by atoms with van der Waals surface area (Å²) in [6.45, 7) is 4.71. The molecule has 1 heterocycles. The minimum absolute atomic E-state index is 0.229. The molecule has 0 aromatic carbocycles. The minimum atomic E-state index is -0.511. The first kappa shape index (κ1) is 7.72. The van der Waals surface area contributed by atoms with Gasteiger partial charge in [-0.2, -0.15) is 0 Å². The topological polar surface area (TPSA) is 38.7 Å². The van der Waals surface area contributed by atoms with Crippen molar-refractivity contribution in [1.29, 1.82) is 0 Å². The Morgan fingerprint density at radius 1 is 1.60 bits per heavy atom. The monoisotopic (exact) mass is 144 g/mol. The van der Waals surface area contributed by atoms with Crippen LogP contribution in [0.3, 0.4) is 0 Å². The lowest BCUT2D eigenvalue weighted by Gasteiger charge is -2.10. The highest BCUT2D eigenvalue weighted by molar-refractivity contribution is 4.79. The van der Waals surface area contributed by atoms with E-state index < -0.39 is 6.10 Å². The molecule has 0 bridgehead atoms. The highest BCUT2D eigenvalue weighted by Gasteiger charge is 2.17. The summed E-state index contributed by atoms with van der Waals surface area (Å²) in [4.78, 5) is 0. The SMILES string of the molecule is C=CC(O)CC1OCCO1. The Labute approximate surface area is 60.3 Å². The van der Waals surface area contributed by atoms with E-state index in [1.165, 1.54) is 6.08 Å². The van der Waals surface area contributed by atoms with Crippen LogP contribution in [0.25, 0.3) is 0 Å². The van der Waals surface area contributed by atoms with Crippen LogP contribution in [0.5, 0.6) is 0 Å². The predicted octanol–water partition coefficient (Wildman–Crippen LogP) is 0.296. The first-order valence-electron chi connectivity index (χ1n) is 3.37. The van der Waals surface area contributed by atoms with Gasteiger partial charge in [-0.1, -0.05) is 6.08 Å². The molecule has 3 heteroatoms. The van der Waals surface area contributed by atoms with Gasteiger partial charge in [-0.25, -0.2) is 0 Å². The van der Waals surface area contributed by atoms with Crippen LogP contribution in [-0.2, 0) is 9.47 Å². The molecule has 3 nitrogen and oxygen atoms in total. The molecule has 1 N–H and O–H groups in total. The number of rotatable bonds is 3. The van der Waals surface area contributed by atoms with Gasteiger partial charge in [-0.15, -0.1) is 6.58 Å². The Hall–Kier alpha value is -0.380. The molecule has 0 aromatic rings. The minimum Gasteiger partial charge on any atom is -0.389 e. The van der Waals surface area contributed by atoms with Crippen LogP contribution >= 0.6 is 0 Å². The zero-order chi connectivity index (χ0) is 7.40. The number of ether oxygens (including phenoxy) is 2. The molecule has 1 aliphatic heterocycles. The summed E-state index contributed by atoms with van der Waals surface area (Å²) in [6, 6.07) is 0. The van der Waals surface area contributed by atoms with Crippen molar-refractivity contribution in [2.45, 2.75) is 18.8 Å². The fourth-order valence-electron chi connectivity index (χ4n) is 0.837. The second-order valence-electron chi connectivity index (χ2n) is 2.21. The van der Waals surface area contributed by atoms with Gasteiger partial charge in [0.1, 0.15) is 0 Å². The van der Waals surface area contributed by atoms with Gasteiger partial charge in [0, 0.05) is 6.42 Å². The van der Waals surface area contributed by atoms with Gasteiger partial charge < -0.3 is 14.6 Å². The highest BCUT2D eigenvalue weighted by atomic mass is 16.7.